The van der Waals surface area contributed by atoms with Crippen molar-refractivity contribution < 1.29 is 4.79 Å². The van der Waals surface area contributed by atoms with E-state index in [0.717, 1.165) is 0 Å². The Morgan fingerprint density at radius 3 is 2.53 bits per heavy atom. The van der Waals surface area contributed by atoms with Crippen molar-refractivity contribution in [2.24, 2.45) is 0 Å². The summed E-state index contributed by atoms with van der Waals surface area (Å²) in [6, 6.07) is 10.2. The van der Waals surface area contributed by atoms with Crippen LogP contribution in [0.2, 0.25) is 0 Å². The van der Waals surface area contributed by atoms with Crippen molar-refractivity contribution in [1.29, 1.82) is 0 Å². The van der Waals surface area contributed by atoms with E-state index in [1.54, 1.807) is 0 Å². The van der Waals surface area contributed by atoms with Crippen LogP contribution in [0.15, 0.2) is 41.5 Å². The molecule has 0 spiro atoms. The molecule has 0 bridgehead atoms. The number of carbonyl (C=O) groups excluding carboxylic acids is 1. The van der Waals surface area contributed by atoms with E-state index in [0.29, 0.717) is 6.42 Å². The van der Waals surface area contributed by atoms with Crippen molar-refractivity contribution in [3.63, 3.8) is 0 Å². The quantitative estimate of drug-likeness (QED) is 0.695. The third kappa shape index (κ3) is 1.94. The van der Waals surface area contributed by atoms with Crippen molar-refractivity contribution in [2.75, 3.05) is 0 Å². The highest BCUT2D eigenvalue weighted by molar-refractivity contribution is 5.83. The van der Waals surface area contributed by atoms with E-state index in [9.17, 15) is 4.79 Å². The van der Waals surface area contributed by atoms with Gasteiger partial charge in [0.15, 0.2) is 0 Å². The molecule has 1 fully saturated rings. The van der Waals surface area contributed by atoms with Crippen LogP contribution < -0.4 is 5.32 Å². The molecule has 1 unspecified atom stereocenters. The van der Waals surface area contributed by atoms with Gasteiger partial charge in [0.2, 0.25) is 5.91 Å². The average Bonchev–Trinajstić information content (AvgIpc) is 2.62. The van der Waals surface area contributed by atoms with E-state index in [-0.39, 0.29) is 11.9 Å². The molecule has 2 rings (SSSR count). The maximum absolute atomic E-state index is 11.4. The smallest absolute Gasteiger partial charge is 0.224 e. The van der Waals surface area contributed by atoms with Crippen LogP contribution >= 0.6 is 0 Å². The fourth-order valence-electron chi connectivity index (χ4n) is 1.97. The van der Waals surface area contributed by atoms with E-state index in [1.165, 1.54) is 16.7 Å². The number of allylic oxidation sites excluding steroid dienone is 1. The summed E-state index contributed by atoms with van der Waals surface area (Å²) in [4.78, 5) is 11.4. The van der Waals surface area contributed by atoms with Crippen LogP contribution in [0.5, 0.6) is 0 Å². The summed E-state index contributed by atoms with van der Waals surface area (Å²) in [5, 5.41) is 3.00. The maximum atomic E-state index is 11.4. The van der Waals surface area contributed by atoms with Crippen molar-refractivity contribution in [3.05, 3.63) is 47.0 Å². The first-order valence-electron chi connectivity index (χ1n) is 5.19. The molecule has 1 aliphatic rings. The Morgan fingerprint density at radius 2 is 1.93 bits per heavy atom. The summed E-state index contributed by atoms with van der Waals surface area (Å²) < 4.78 is 0. The van der Waals surface area contributed by atoms with Crippen LogP contribution in [0.1, 0.15) is 31.9 Å². The highest BCUT2D eigenvalue weighted by Crippen LogP contribution is 2.31. The minimum atomic E-state index is 0.0868. The Hall–Kier alpha value is -1.57. The van der Waals surface area contributed by atoms with Crippen LogP contribution in [0.4, 0.5) is 0 Å². The van der Waals surface area contributed by atoms with Gasteiger partial charge in [-0.05, 0) is 25.0 Å². The Kier molecular flexibility index (Phi) is 2.58. The molecule has 1 aromatic carbocycles. The molecule has 2 nitrogen and oxygen atoms in total. The Bertz CT molecular complexity index is 402. The molecule has 1 aliphatic heterocycles. The number of amides is 1. The molecule has 1 amide bonds. The molecule has 2 heteroatoms. The predicted octanol–water partition coefficient (Wildman–Crippen LogP) is 2.58. The molecule has 1 N–H and O–H groups in total. The molecule has 0 saturated carbocycles. The van der Waals surface area contributed by atoms with Gasteiger partial charge in [0.1, 0.15) is 0 Å². The van der Waals surface area contributed by atoms with Crippen LogP contribution in [-0.4, -0.2) is 5.91 Å². The lowest BCUT2D eigenvalue weighted by molar-refractivity contribution is -0.119. The lowest BCUT2D eigenvalue weighted by Crippen LogP contribution is -2.18. The van der Waals surface area contributed by atoms with Gasteiger partial charge in [0, 0.05) is 0 Å². The molecular weight excluding hydrogens is 186 g/mol. The van der Waals surface area contributed by atoms with Crippen molar-refractivity contribution in [1.82, 2.24) is 5.32 Å². The van der Waals surface area contributed by atoms with Crippen LogP contribution in [0.3, 0.4) is 0 Å². The second kappa shape index (κ2) is 3.89. The van der Waals surface area contributed by atoms with E-state index < -0.39 is 0 Å². The summed E-state index contributed by atoms with van der Waals surface area (Å²) in [5.41, 5.74) is 3.62. The summed E-state index contributed by atoms with van der Waals surface area (Å²) in [7, 11) is 0. The molecular formula is C13H15NO. The Morgan fingerprint density at radius 1 is 1.27 bits per heavy atom. The van der Waals surface area contributed by atoms with Gasteiger partial charge in [0.05, 0.1) is 12.5 Å². The fourth-order valence-corrected chi connectivity index (χ4v) is 1.97. The molecule has 1 atom stereocenters. The van der Waals surface area contributed by atoms with E-state index in [1.807, 2.05) is 18.2 Å². The van der Waals surface area contributed by atoms with Gasteiger partial charge in [-0.1, -0.05) is 35.9 Å². The second-order valence-electron chi connectivity index (χ2n) is 4.11. The van der Waals surface area contributed by atoms with Crippen LogP contribution in [-0.2, 0) is 4.79 Å². The summed E-state index contributed by atoms with van der Waals surface area (Å²) >= 11 is 0. The van der Waals surface area contributed by atoms with Crippen molar-refractivity contribution >= 4 is 5.91 Å². The third-order valence-corrected chi connectivity index (χ3v) is 2.78. The van der Waals surface area contributed by atoms with Crippen LogP contribution in [0, 0.1) is 0 Å². The number of nitrogens with one attached hydrogen (secondary N) is 1. The van der Waals surface area contributed by atoms with Crippen molar-refractivity contribution in [3.8, 4) is 0 Å². The zero-order valence-corrected chi connectivity index (χ0v) is 9.08. The van der Waals surface area contributed by atoms with Crippen LogP contribution in [0.25, 0.3) is 0 Å². The first kappa shape index (κ1) is 9.97. The third-order valence-electron chi connectivity index (χ3n) is 2.78. The monoisotopic (exact) mass is 201 g/mol. The SMILES string of the molecule is CC(C)=C1CC(=O)NC1c1ccccc1. The van der Waals surface area contributed by atoms with Gasteiger partial charge in [-0.2, -0.15) is 0 Å². The van der Waals surface area contributed by atoms with Gasteiger partial charge < -0.3 is 5.32 Å². The van der Waals surface area contributed by atoms with E-state index >= 15 is 0 Å². The number of hydrogen-bond donors (Lipinski definition) is 1. The highest BCUT2D eigenvalue weighted by atomic mass is 16.1. The van der Waals surface area contributed by atoms with E-state index in [4.69, 9.17) is 0 Å². The second-order valence-corrected chi connectivity index (χ2v) is 4.11. The fraction of sp³-hybridized carbons (Fsp3) is 0.308. The molecule has 1 heterocycles. The lowest BCUT2D eigenvalue weighted by atomic mass is 9.97. The molecule has 1 saturated heterocycles. The normalized spacial score (nSPS) is 20.3. The average molecular weight is 201 g/mol. The minimum Gasteiger partial charge on any atom is -0.345 e. The number of benzene rings is 1. The predicted molar refractivity (Wildman–Crippen MR) is 60.3 cm³/mol. The zero-order chi connectivity index (χ0) is 10.8. The molecule has 0 aromatic heterocycles. The Balaban J connectivity index is 2.37. The topological polar surface area (TPSA) is 29.1 Å². The molecule has 0 aliphatic carbocycles. The molecule has 78 valence electrons. The first-order valence-corrected chi connectivity index (χ1v) is 5.19. The van der Waals surface area contributed by atoms with Gasteiger partial charge in [-0.15, -0.1) is 0 Å². The summed E-state index contributed by atoms with van der Waals surface area (Å²) in [5.74, 6) is 0.125. The standard InChI is InChI=1S/C13H15NO/c1-9(2)11-8-12(15)14-13(11)10-6-4-3-5-7-10/h3-7,13H,8H2,1-2H3,(H,14,15). The first-order chi connectivity index (χ1) is 7.18. The highest BCUT2D eigenvalue weighted by Gasteiger charge is 2.28. The Labute approximate surface area is 90.0 Å². The van der Waals surface area contributed by atoms with Gasteiger partial charge in [0.25, 0.3) is 0 Å². The van der Waals surface area contributed by atoms with Gasteiger partial charge in [-0.3, -0.25) is 4.79 Å². The minimum absolute atomic E-state index is 0.0868. The van der Waals surface area contributed by atoms with E-state index in [2.05, 4.69) is 31.3 Å². The van der Waals surface area contributed by atoms with Gasteiger partial charge in [-0.25, -0.2) is 0 Å². The maximum Gasteiger partial charge on any atom is 0.224 e. The van der Waals surface area contributed by atoms with Crippen molar-refractivity contribution in [2.45, 2.75) is 26.3 Å². The summed E-state index contributed by atoms with van der Waals surface area (Å²) in [6.07, 6.45) is 0.544. The lowest BCUT2D eigenvalue weighted by Gasteiger charge is -2.13. The molecule has 0 radical (unpaired) electrons. The van der Waals surface area contributed by atoms with Gasteiger partial charge >= 0.3 is 0 Å². The molecule has 1 aromatic rings. The largest absolute Gasteiger partial charge is 0.345 e. The number of hydrogen-bond acceptors (Lipinski definition) is 1. The molecule has 15 heavy (non-hydrogen) atoms. The zero-order valence-electron chi connectivity index (χ0n) is 9.08. The summed E-state index contributed by atoms with van der Waals surface area (Å²) in [6.45, 7) is 4.12. The number of rotatable bonds is 1. The number of carbonyl (C=O) groups is 1.